The van der Waals surface area contributed by atoms with Crippen molar-refractivity contribution in [3.05, 3.63) is 101 Å². The van der Waals surface area contributed by atoms with Gasteiger partial charge in [-0.3, -0.25) is 4.79 Å². The van der Waals surface area contributed by atoms with Gasteiger partial charge in [0.2, 0.25) is 0 Å². The highest BCUT2D eigenvalue weighted by atomic mass is 32.2. The topological polar surface area (TPSA) is 80.9 Å². The summed E-state index contributed by atoms with van der Waals surface area (Å²) in [7, 11) is 0. The Balaban J connectivity index is 1.55. The summed E-state index contributed by atoms with van der Waals surface area (Å²) in [5.41, 5.74) is 8.71. The molecule has 1 amide bonds. The first kappa shape index (κ1) is 19.2. The molecule has 144 valence electrons. The van der Waals surface area contributed by atoms with Gasteiger partial charge in [0.25, 0.3) is 5.91 Å². The largest absolute Gasteiger partial charge is 0.397 e. The maximum Gasteiger partial charge on any atom is 0.255 e. The lowest BCUT2D eigenvalue weighted by atomic mass is 10.1. The smallest absolute Gasteiger partial charge is 0.255 e. The van der Waals surface area contributed by atoms with Crippen molar-refractivity contribution < 1.29 is 4.79 Å². The van der Waals surface area contributed by atoms with Gasteiger partial charge in [0.1, 0.15) is 0 Å². The van der Waals surface area contributed by atoms with Crippen LogP contribution in [0.15, 0.2) is 89.7 Å². The van der Waals surface area contributed by atoms with Gasteiger partial charge in [-0.25, -0.2) is 9.97 Å². The molecule has 0 radical (unpaired) electrons. The Kier molecular flexibility index (Phi) is 5.88. The molecule has 1 atom stereocenters. The third-order valence-corrected chi connectivity index (χ3v) is 6.52. The summed E-state index contributed by atoms with van der Waals surface area (Å²) in [5, 5.41) is 5.68. The zero-order valence-electron chi connectivity index (χ0n) is 15.4. The maximum atomic E-state index is 12.6. The van der Waals surface area contributed by atoms with E-state index in [1.54, 1.807) is 53.7 Å². The fourth-order valence-electron chi connectivity index (χ4n) is 2.80. The number of carbonyl (C=O) groups excluding carboxylic acids is 1. The summed E-state index contributed by atoms with van der Waals surface area (Å²) in [6, 6.07) is 20.8. The predicted octanol–water partition coefficient (Wildman–Crippen LogP) is 5.25. The Bertz CT molecular complexity index is 1080. The van der Waals surface area contributed by atoms with Crippen LogP contribution in [0.1, 0.15) is 26.0 Å². The molecule has 2 heterocycles. The molecule has 0 bridgehead atoms. The molecule has 0 aliphatic heterocycles. The molecule has 0 saturated carbocycles. The maximum absolute atomic E-state index is 12.6. The Morgan fingerprint density at radius 1 is 0.966 bits per heavy atom. The number of nitrogen functional groups attached to an aromatic ring is 1. The van der Waals surface area contributed by atoms with E-state index >= 15 is 0 Å². The lowest BCUT2D eigenvalue weighted by Gasteiger charge is -2.15. The van der Waals surface area contributed by atoms with Crippen LogP contribution in [0.4, 0.5) is 11.4 Å². The normalized spacial score (nSPS) is 11.7. The third kappa shape index (κ3) is 4.64. The average molecular weight is 419 g/mol. The number of nitrogens with zero attached hydrogens (tertiary/aromatic N) is 2. The molecule has 4 rings (SSSR count). The molecule has 5 nitrogen and oxygen atoms in total. The van der Waals surface area contributed by atoms with Crippen molar-refractivity contribution in [3.8, 4) is 0 Å². The van der Waals surface area contributed by atoms with E-state index in [1.165, 1.54) is 4.88 Å². The number of rotatable bonds is 6. The first-order valence-electron chi connectivity index (χ1n) is 8.93. The lowest BCUT2D eigenvalue weighted by molar-refractivity contribution is 0.102. The van der Waals surface area contributed by atoms with E-state index in [-0.39, 0.29) is 11.2 Å². The number of aromatic nitrogens is 2. The van der Waals surface area contributed by atoms with Crippen molar-refractivity contribution in [3.63, 3.8) is 0 Å². The predicted molar refractivity (Wildman–Crippen MR) is 119 cm³/mol. The molecule has 0 aliphatic rings. The van der Waals surface area contributed by atoms with Crippen LogP contribution in [0.5, 0.6) is 0 Å². The molecule has 7 heteroatoms. The fourth-order valence-corrected chi connectivity index (χ4v) is 4.78. The van der Waals surface area contributed by atoms with Crippen molar-refractivity contribution >= 4 is 40.4 Å². The van der Waals surface area contributed by atoms with Crippen molar-refractivity contribution in [2.75, 3.05) is 11.1 Å². The van der Waals surface area contributed by atoms with Crippen LogP contribution >= 0.6 is 23.1 Å². The number of benzene rings is 2. The highest BCUT2D eigenvalue weighted by Gasteiger charge is 2.19. The number of amides is 1. The van der Waals surface area contributed by atoms with E-state index in [9.17, 15) is 4.79 Å². The van der Waals surface area contributed by atoms with E-state index in [4.69, 9.17) is 5.73 Å². The average Bonchev–Trinajstić information content (AvgIpc) is 3.29. The van der Waals surface area contributed by atoms with Gasteiger partial charge in [-0.05, 0) is 47.3 Å². The number of thiophene rings is 1. The molecule has 1 unspecified atom stereocenters. The minimum absolute atomic E-state index is 0.0549. The molecule has 0 aliphatic carbocycles. The van der Waals surface area contributed by atoms with Crippen molar-refractivity contribution in [1.29, 1.82) is 0 Å². The molecule has 4 aromatic rings. The van der Waals surface area contributed by atoms with Crippen LogP contribution in [-0.2, 0) is 0 Å². The highest BCUT2D eigenvalue weighted by molar-refractivity contribution is 7.99. The van der Waals surface area contributed by atoms with Crippen molar-refractivity contribution in [1.82, 2.24) is 9.97 Å². The summed E-state index contributed by atoms with van der Waals surface area (Å²) in [6.07, 6.45) is 3.48. The van der Waals surface area contributed by atoms with E-state index in [2.05, 4.69) is 26.7 Å². The second-order valence-electron chi connectivity index (χ2n) is 6.21. The molecule has 0 saturated heterocycles. The molecule has 0 spiro atoms. The number of hydrogen-bond donors (Lipinski definition) is 2. The van der Waals surface area contributed by atoms with Crippen LogP contribution in [0.3, 0.4) is 0 Å². The Labute approximate surface area is 177 Å². The summed E-state index contributed by atoms with van der Waals surface area (Å²) in [4.78, 5) is 22.5. The van der Waals surface area contributed by atoms with Crippen molar-refractivity contribution in [2.45, 2.75) is 10.4 Å². The Hall–Kier alpha value is -3.16. The van der Waals surface area contributed by atoms with Gasteiger partial charge in [0, 0.05) is 22.8 Å². The summed E-state index contributed by atoms with van der Waals surface area (Å²) < 4.78 is 0. The summed E-state index contributed by atoms with van der Waals surface area (Å²) >= 11 is 3.28. The monoisotopic (exact) mass is 418 g/mol. The number of hydrogen-bond acceptors (Lipinski definition) is 6. The fraction of sp³-hybridized carbons (Fsp3) is 0.0455. The van der Waals surface area contributed by atoms with Crippen LogP contribution in [0.2, 0.25) is 0 Å². The molecule has 2 aromatic heterocycles. The minimum atomic E-state index is -0.193. The first-order chi connectivity index (χ1) is 14.2. The number of anilines is 2. The number of nitrogens with one attached hydrogen (secondary N) is 1. The number of thioether (sulfide) groups is 1. The first-order valence-corrected chi connectivity index (χ1v) is 10.7. The zero-order chi connectivity index (χ0) is 20.1. The van der Waals surface area contributed by atoms with Crippen LogP contribution in [0.25, 0.3) is 0 Å². The van der Waals surface area contributed by atoms with Crippen molar-refractivity contribution in [2.24, 2.45) is 0 Å². The summed E-state index contributed by atoms with van der Waals surface area (Å²) in [6.45, 7) is 0. The lowest BCUT2D eigenvalue weighted by Crippen LogP contribution is -2.13. The highest BCUT2D eigenvalue weighted by Crippen LogP contribution is 2.40. The SMILES string of the molecule is Nc1ccccc1NC(=O)c1ccc(C(Sc2ncccn2)c2cccs2)cc1. The van der Waals surface area contributed by atoms with E-state index < -0.39 is 0 Å². The Morgan fingerprint density at radius 3 is 2.41 bits per heavy atom. The van der Waals surface area contributed by atoms with E-state index in [0.717, 1.165) is 5.56 Å². The standard InChI is InChI=1S/C22H18N4OS2/c23-17-5-1-2-6-18(17)26-21(27)16-10-8-15(9-11-16)20(19-7-3-14-28-19)29-22-24-12-4-13-25-22/h1-14,20H,23H2,(H,26,27). The van der Waals surface area contributed by atoms with Gasteiger partial charge >= 0.3 is 0 Å². The van der Waals surface area contributed by atoms with E-state index in [1.807, 2.05) is 42.5 Å². The molecular formula is C22H18N4OS2. The number of para-hydroxylation sites is 2. The van der Waals surface area contributed by atoms with Gasteiger partial charge in [-0.2, -0.15) is 0 Å². The van der Waals surface area contributed by atoms with E-state index in [0.29, 0.717) is 22.1 Å². The zero-order valence-corrected chi connectivity index (χ0v) is 17.0. The molecule has 29 heavy (non-hydrogen) atoms. The quantitative estimate of drug-likeness (QED) is 0.254. The van der Waals surface area contributed by atoms with Gasteiger partial charge in [0.05, 0.1) is 16.6 Å². The van der Waals surface area contributed by atoms with Gasteiger partial charge in [0.15, 0.2) is 5.16 Å². The summed E-state index contributed by atoms with van der Waals surface area (Å²) in [5.74, 6) is -0.193. The Morgan fingerprint density at radius 2 is 1.72 bits per heavy atom. The van der Waals surface area contributed by atoms with Gasteiger partial charge in [-0.15, -0.1) is 11.3 Å². The second-order valence-corrected chi connectivity index (χ2v) is 8.26. The third-order valence-electron chi connectivity index (χ3n) is 4.25. The number of carbonyl (C=O) groups is 1. The van der Waals surface area contributed by atoms with Crippen LogP contribution in [0, 0.1) is 0 Å². The molecule has 3 N–H and O–H groups in total. The molecule has 2 aromatic carbocycles. The minimum Gasteiger partial charge on any atom is -0.397 e. The van der Waals surface area contributed by atoms with Crippen LogP contribution in [-0.4, -0.2) is 15.9 Å². The van der Waals surface area contributed by atoms with Gasteiger partial charge in [-0.1, -0.05) is 42.1 Å². The molecular weight excluding hydrogens is 400 g/mol. The van der Waals surface area contributed by atoms with Crippen LogP contribution < -0.4 is 11.1 Å². The van der Waals surface area contributed by atoms with Gasteiger partial charge < -0.3 is 11.1 Å². The second kappa shape index (κ2) is 8.89. The number of nitrogens with two attached hydrogens (primary N) is 1. The molecule has 0 fully saturated rings.